The summed E-state index contributed by atoms with van der Waals surface area (Å²) in [5.74, 6) is -0.585. The van der Waals surface area contributed by atoms with Gasteiger partial charge in [0.05, 0.1) is 18.8 Å². The molecule has 0 atom stereocenters. The Bertz CT molecular complexity index is 367. The van der Waals surface area contributed by atoms with Gasteiger partial charge in [0.15, 0.2) is 0 Å². The van der Waals surface area contributed by atoms with Gasteiger partial charge in [-0.05, 0) is 31.1 Å². The van der Waals surface area contributed by atoms with Crippen molar-refractivity contribution < 1.29 is 19.1 Å². The fourth-order valence-electron chi connectivity index (χ4n) is 1.97. The zero-order chi connectivity index (χ0) is 16.4. The monoisotopic (exact) mass is 298 g/mol. The van der Waals surface area contributed by atoms with Crippen LogP contribution in [0.3, 0.4) is 0 Å². The number of hydrogen-bond donors (Lipinski definition) is 0. The molecule has 0 amide bonds. The summed E-state index contributed by atoms with van der Waals surface area (Å²) in [6.45, 7) is 12.5. The van der Waals surface area contributed by atoms with Gasteiger partial charge in [-0.15, -0.1) is 0 Å². The summed E-state index contributed by atoms with van der Waals surface area (Å²) in [5.41, 5.74) is 0.924. The zero-order valence-electron chi connectivity index (χ0n) is 14.3. The number of rotatable bonds is 9. The first-order chi connectivity index (χ1) is 9.84. The minimum Gasteiger partial charge on any atom is -0.462 e. The zero-order valence-corrected chi connectivity index (χ0v) is 14.3. The maximum atomic E-state index is 12.3. The van der Waals surface area contributed by atoms with E-state index in [1.54, 1.807) is 0 Å². The molecule has 0 aliphatic rings. The van der Waals surface area contributed by atoms with Crippen LogP contribution in [0.5, 0.6) is 0 Å². The number of ether oxygens (including phenoxy) is 2. The van der Waals surface area contributed by atoms with Gasteiger partial charge in [-0.25, -0.2) is 9.59 Å². The van der Waals surface area contributed by atoms with Gasteiger partial charge >= 0.3 is 11.9 Å². The van der Waals surface area contributed by atoms with Crippen molar-refractivity contribution in [1.82, 2.24) is 0 Å². The van der Waals surface area contributed by atoms with Crippen LogP contribution < -0.4 is 0 Å². The minimum absolute atomic E-state index is 0.0720. The molecule has 0 saturated carbocycles. The van der Waals surface area contributed by atoms with E-state index in [9.17, 15) is 9.59 Å². The van der Waals surface area contributed by atoms with E-state index >= 15 is 0 Å². The molecule has 0 unspecified atom stereocenters. The Morgan fingerprint density at radius 3 is 1.71 bits per heavy atom. The second-order valence-corrected chi connectivity index (χ2v) is 5.92. The summed E-state index contributed by atoms with van der Waals surface area (Å²) >= 11 is 0. The van der Waals surface area contributed by atoms with Crippen LogP contribution in [0.25, 0.3) is 0 Å². The lowest BCUT2D eigenvalue weighted by molar-refractivity contribution is -0.143. The molecule has 0 radical (unpaired) electrons. The van der Waals surface area contributed by atoms with Gasteiger partial charge in [0.25, 0.3) is 0 Å². The van der Waals surface area contributed by atoms with Gasteiger partial charge < -0.3 is 9.47 Å². The van der Waals surface area contributed by atoms with Crippen LogP contribution in [0.15, 0.2) is 11.1 Å². The highest BCUT2D eigenvalue weighted by Crippen LogP contribution is 2.24. The maximum Gasteiger partial charge on any atom is 0.334 e. The lowest BCUT2D eigenvalue weighted by atomic mass is 9.91. The predicted octanol–water partition coefficient (Wildman–Crippen LogP) is 3.89. The van der Waals surface area contributed by atoms with Gasteiger partial charge in [0, 0.05) is 5.57 Å². The Hall–Kier alpha value is -1.32. The number of carbonyl (C=O) groups excluding carboxylic acids is 2. The molecule has 0 aromatic heterocycles. The van der Waals surface area contributed by atoms with Crippen LogP contribution in [-0.2, 0) is 19.1 Å². The van der Waals surface area contributed by atoms with Crippen molar-refractivity contribution in [3.63, 3.8) is 0 Å². The van der Waals surface area contributed by atoms with E-state index in [-0.39, 0.29) is 17.8 Å². The van der Waals surface area contributed by atoms with Crippen molar-refractivity contribution in [3.8, 4) is 0 Å². The smallest absolute Gasteiger partial charge is 0.334 e. The summed E-state index contributed by atoms with van der Waals surface area (Å²) in [4.78, 5) is 24.5. The Morgan fingerprint density at radius 1 is 0.857 bits per heavy atom. The summed E-state index contributed by atoms with van der Waals surface area (Å²) in [6, 6.07) is 0. The number of esters is 2. The SMILES string of the molecule is CCCOC(=O)C(CC(C)C)=C(C(=O)OCCC)C(C)C. The Balaban J connectivity index is 5.47. The molecule has 4 nitrogen and oxygen atoms in total. The third kappa shape index (κ3) is 7.30. The first-order valence-electron chi connectivity index (χ1n) is 7.92. The molecule has 0 rings (SSSR count). The standard InChI is InChI=1S/C17H30O4/c1-7-9-20-16(18)14(11-12(3)4)15(13(5)6)17(19)21-10-8-2/h12-13H,7-11H2,1-6H3. The molecule has 4 heteroatoms. The van der Waals surface area contributed by atoms with Crippen molar-refractivity contribution in [1.29, 1.82) is 0 Å². The average Bonchev–Trinajstić information content (AvgIpc) is 2.40. The highest BCUT2D eigenvalue weighted by molar-refractivity contribution is 6.00. The van der Waals surface area contributed by atoms with E-state index < -0.39 is 5.97 Å². The van der Waals surface area contributed by atoms with Crippen LogP contribution in [0.2, 0.25) is 0 Å². The molecule has 0 N–H and O–H groups in total. The second kappa shape index (κ2) is 10.4. The molecule has 0 aliphatic heterocycles. The van der Waals surface area contributed by atoms with Crippen molar-refractivity contribution in [2.24, 2.45) is 11.8 Å². The Kier molecular flexibility index (Phi) is 9.76. The van der Waals surface area contributed by atoms with E-state index in [2.05, 4.69) is 0 Å². The van der Waals surface area contributed by atoms with Crippen molar-refractivity contribution >= 4 is 11.9 Å². The molecule has 21 heavy (non-hydrogen) atoms. The summed E-state index contributed by atoms with van der Waals surface area (Å²) < 4.78 is 10.5. The first-order valence-corrected chi connectivity index (χ1v) is 7.92. The highest BCUT2D eigenvalue weighted by atomic mass is 16.5. The van der Waals surface area contributed by atoms with Gasteiger partial charge in [-0.3, -0.25) is 0 Å². The number of carbonyl (C=O) groups is 2. The Morgan fingerprint density at radius 2 is 1.33 bits per heavy atom. The van der Waals surface area contributed by atoms with Crippen LogP contribution in [0, 0.1) is 11.8 Å². The summed E-state index contributed by atoms with van der Waals surface area (Å²) in [6.07, 6.45) is 2.05. The quantitative estimate of drug-likeness (QED) is 0.478. The largest absolute Gasteiger partial charge is 0.462 e. The molecule has 0 spiro atoms. The van der Waals surface area contributed by atoms with Crippen LogP contribution in [0.4, 0.5) is 0 Å². The van der Waals surface area contributed by atoms with Crippen LogP contribution in [-0.4, -0.2) is 25.2 Å². The molecular formula is C17H30O4. The van der Waals surface area contributed by atoms with E-state index in [0.29, 0.717) is 30.8 Å². The van der Waals surface area contributed by atoms with Gasteiger partial charge in [-0.2, -0.15) is 0 Å². The lowest BCUT2D eigenvalue weighted by Gasteiger charge is -2.18. The molecule has 0 aliphatic carbocycles. The average molecular weight is 298 g/mol. The summed E-state index contributed by atoms with van der Waals surface area (Å²) in [5, 5.41) is 0. The van der Waals surface area contributed by atoms with Gasteiger partial charge in [-0.1, -0.05) is 41.5 Å². The van der Waals surface area contributed by atoms with E-state index in [1.807, 2.05) is 41.5 Å². The van der Waals surface area contributed by atoms with Crippen LogP contribution in [0.1, 0.15) is 60.8 Å². The molecule has 0 fully saturated rings. The molecule has 0 saturated heterocycles. The molecule has 0 aromatic rings. The maximum absolute atomic E-state index is 12.3. The van der Waals surface area contributed by atoms with Gasteiger partial charge in [0.1, 0.15) is 0 Å². The fourth-order valence-corrected chi connectivity index (χ4v) is 1.97. The minimum atomic E-state index is -0.393. The second-order valence-electron chi connectivity index (χ2n) is 5.92. The number of hydrogen-bond acceptors (Lipinski definition) is 4. The highest BCUT2D eigenvalue weighted by Gasteiger charge is 2.26. The van der Waals surface area contributed by atoms with Crippen LogP contribution >= 0.6 is 0 Å². The fraction of sp³-hybridized carbons (Fsp3) is 0.765. The normalized spacial score (nSPS) is 12.4. The molecule has 0 bridgehead atoms. The van der Waals surface area contributed by atoms with E-state index in [1.165, 1.54) is 0 Å². The third-order valence-corrected chi connectivity index (χ3v) is 2.86. The lowest BCUT2D eigenvalue weighted by Crippen LogP contribution is -2.21. The topological polar surface area (TPSA) is 52.6 Å². The molecule has 0 aromatic carbocycles. The molecular weight excluding hydrogens is 268 g/mol. The van der Waals surface area contributed by atoms with Crippen molar-refractivity contribution in [3.05, 3.63) is 11.1 Å². The Labute approximate surface area is 128 Å². The van der Waals surface area contributed by atoms with Crippen molar-refractivity contribution in [2.45, 2.75) is 60.8 Å². The van der Waals surface area contributed by atoms with Gasteiger partial charge in [0.2, 0.25) is 0 Å². The van der Waals surface area contributed by atoms with E-state index in [0.717, 1.165) is 12.8 Å². The molecule has 0 heterocycles. The van der Waals surface area contributed by atoms with E-state index in [4.69, 9.17) is 9.47 Å². The van der Waals surface area contributed by atoms with Crippen molar-refractivity contribution in [2.75, 3.05) is 13.2 Å². The summed E-state index contributed by atoms with van der Waals surface area (Å²) in [7, 11) is 0. The third-order valence-electron chi connectivity index (χ3n) is 2.86. The molecule has 122 valence electrons. The predicted molar refractivity (Wildman–Crippen MR) is 83.8 cm³/mol. The first kappa shape index (κ1) is 19.7.